The van der Waals surface area contributed by atoms with Crippen LogP contribution < -0.4 is 10.2 Å². The van der Waals surface area contributed by atoms with Gasteiger partial charge in [-0.1, -0.05) is 31.5 Å². The molecule has 1 N–H and O–H groups in total. The van der Waals surface area contributed by atoms with Crippen molar-refractivity contribution in [3.8, 4) is 0 Å². The number of hydrogen-bond donors (Lipinski definition) is 1. The summed E-state index contributed by atoms with van der Waals surface area (Å²) < 4.78 is 0. The van der Waals surface area contributed by atoms with Crippen molar-refractivity contribution in [2.45, 2.75) is 26.4 Å². The Morgan fingerprint density at radius 1 is 1.39 bits per heavy atom. The van der Waals surface area contributed by atoms with Crippen LogP contribution in [-0.4, -0.2) is 31.6 Å². The second-order valence-corrected chi connectivity index (χ2v) is 6.13. The molecule has 0 heterocycles. The van der Waals surface area contributed by atoms with Gasteiger partial charge in [0.15, 0.2) is 0 Å². The third kappa shape index (κ3) is 5.09. The maximum atomic E-state index is 6.34. The highest BCUT2D eigenvalue weighted by atomic mass is 35.5. The van der Waals surface area contributed by atoms with Gasteiger partial charge in [-0.15, -0.1) is 0 Å². The van der Waals surface area contributed by atoms with Crippen molar-refractivity contribution < 1.29 is 0 Å². The minimum atomic E-state index is 0.493. The molecule has 0 aliphatic carbocycles. The Kier molecular flexibility index (Phi) is 6.90. The van der Waals surface area contributed by atoms with Crippen molar-refractivity contribution >= 4 is 29.1 Å². The highest BCUT2D eigenvalue weighted by molar-refractivity contribution is 7.98. The van der Waals surface area contributed by atoms with E-state index in [1.54, 1.807) is 0 Å². The minimum Gasteiger partial charge on any atom is -0.373 e. The summed E-state index contributed by atoms with van der Waals surface area (Å²) in [6.07, 6.45) is 2.12. The Morgan fingerprint density at radius 3 is 2.67 bits per heavy atom. The molecule has 0 aliphatic rings. The fourth-order valence-corrected chi connectivity index (χ4v) is 2.44. The van der Waals surface area contributed by atoms with Gasteiger partial charge >= 0.3 is 0 Å². The molecule has 0 fully saturated rings. The molecule has 0 radical (unpaired) electrons. The first-order chi connectivity index (χ1) is 8.54. The minimum absolute atomic E-state index is 0.493. The van der Waals surface area contributed by atoms with Gasteiger partial charge in [-0.05, 0) is 24.0 Å². The summed E-state index contributed by atoms with van der Waals surface area (Å²) in [6.45, 7) is 6.18. The SMILES string of the molecule is CSCCN(C)c1ccc(CNC(C)C)cc1Cl. The fraction of sp³-hybridized carbons (Fsp3) is 0.571. The van der Waals surface area contributed by atoms with E-state index in [0.29, 0.717) is 6.04 Å². The van der Waals surface area contributed by atoms with Gasteiger partial charge in [0, 0.05) is 31.9 Å². The van der Waals surface area contributed by atoms with Crippen LogP contribution in [0.4, 0.5) is 5.69 Å². The van der Waals surface area contributed by atoms with E-state index < -0.39 is 0 Å². The number of thioether (sulfide) groups is 1. The smallest absolute Gasteiger partial charge is 0.0642 e. The molecule has 0 atom stereocenters. The van der Waals surface area contributed by atoms with E-state index in [2.05, 4.69) is 55.6 Å². The van der Waals surface area contributed by atoms with Crippen LogP contribution in [0.2, 0.25) is 5.02 Å². The molecule has 1 aromatic rings. The van der Waals surface area contributed by atoms with Gasteiger partial charge in [-0.3, -0.25) is 0 Å². The summed E-state index contributed by atoms with van der Waals surface area (Å²) in [6, 6.07) is 6.81. The molecule has 2 nitrogen and oxygen atoms in total. The number of anilines is 1. The summed E-state index contributed by atoms with van der Waals surface area (Å²) in [5, 5.41) is 4.23. The zero-order valence-electron chi connectivity index (χ0n) is 11.7. The first-order valence-electron chi connectivity index (χ1n) is 6.26. The number of rotatable bonds is 7. The van der Waals surface area contributed by atoms with Crippen LogP contribution in [0.3, 0.4) is 0 Å². The monoisotopic (exact) mass is 286 g/mol. The second kappa shape index (κ2) is 7.93. The van der Waals surface area contributed by atoms with E-state index in [1.165, 1.54) is 5.56 Å². The third-order valence-electron chi connectivity index (χ3n) is 2.77. The molecule has 18 heavy (non-hydrogen) atoms. The molecule has 0 aromatic heterocycles. The van der Waals surface area contributed by atoms with Gasteiger partial charge in [0.05, 0.1) is 10.7 Å². The molecular weight excluding hydrogens is 264 g/mol. The summed E-state index contributed by atoms with van der Waals surface area (Å²) in [5.41, 5.74) is 2.34. The van der Waals surface area contributed by atoms with Gasteiger partial charge in [0.1, 0.15) is 0 Å². The molecule has 0 unspecified atom stereocenters. The van der Waals surface area contributed by atoms with E-state index in [4.69, 9.17) is 11.6 Å². The van der Waals surface area contributed by atoms with E-state index in [9.17, 15) is 0 Å². The van der Waals surface area contributed by atoms with E-state index in [0.717, 1.165) is 29.6 Å². The number of benzene rings is 1. The van der Waals surface area contributed by atoms with Gasteiger partial charge in [-0.25, -0.2) is 0 Å². The quantitative estimate of drug-likeness (QED) is 0.824. The molecule has 0 aliphatic heterocycles. The Hall–Kier alpha value is -0.380. The third-order valence-corrected chi connectivity index (χ3v) is 3.66. The lowest BCUT2D eigenvalue weighted by atomic mass is 10.2. The Balaban J connectivity index is 2.66. The lowest BCUT2D eigenvalue weighted by Crippen LogP contribution is -2.22. The lowest BCUT2D eigenvalue weighted by Gasteiger charge is -2.20. The van der Waals surface area contributed by atoms with Crippen LogP contribution in [-0.2, 0) is 6.54 Å². The average Bonchev–Trinajstić information content (AvgIpc) is 2.33. The van der Waals surface area contributed by atoms with Crippen molar-refractivity contribution in [1.29, 1.82) is 0 Å². The van der Waals surface area contributed by atoms with Gasteiger partial charge < -0.3 is 10.2 Å². The Labute approximate surface area is 120 Å². The molecule has 1 aromatic carbocycles. The van der Waals surface area contributed by atoms with Gasteiger partial charge in [0.2, 0.25) is 0 Å². The van der Waals surface area contributed by atoms with E-state index >= 15 is 0 Å². The molecule has 0 saturated carbocycles. The van der Waals surface area contributed by atoms with Gasteiger partial charge in [-0.2, -0.15) is 11.8 Å². The Morgan fingerprint density at radius 2 is 2.11 bits per heavy atom. The molecule has 0 spiro atoms. The van der Waals surface area contributed by atoms with Crippen LogP contribution in [0.1, 0.15) is 19.4 Å². The van der Waals surface area contributed by atoms with Crippen molar-refractivity contribution in [2.75, 3.05) is 30.5 Å². The molecule has 4 heteroatoms. The maximum absolute atomic E-state index is 6.34. The zero-order chi connectivity index (χ0) is 13.5. The molecular formula is C14H23ClN2S. The molecule has 0 saturated heterocycles. The summed E-state index contributed by atoms with van der Waals surface area (Å²) in [4.78, 5) is 2.21. The molecule has 0 amide bonds. The van der Waals surface area contributed by atoms with Crippen molar-refractivity contribution in [3.63, 3.8) is 0 Å². The van der Waals surface area contributed by atoms with Crippen LogP contribution in [0.25, 0.3) is 0 Å². The largest absolute Gasteiger partial charge is 0.373 e. The van der Waals surface area contributed by atoms with E-state index in [-0.39, 0.29) is 0 Å². The average molecular weight is 287 g/mol. The fourth-order valence-electron chi connectivity index (χ4n) is 1.64. The summed E-state index contributed by atoms with van der Waals surface area (Å²) in [5.74, 6) is 1.11. The van der Waals surface area contributed by atoms with E-state index in [1.807, 2.05) is 11.8 Å². The summed E-state index contributed by atoms with van der Waals surface area (Å²) in [7, 11) is 2.09. The van der Waals surface area contributed by atoms with Crippen LogP contribution in [0.5, 0.6) is 0 Å². The normalized spacial score (nSPS) is 11.0. The highest BCUT2D eigenvalue weighted by Gasteiger charge is 2.06. The topological polar surface area (TPSA) is 15.3 Å². The predicted molar refractivity (Wildman–Crippen MR) is 85.1 cm³/mol. The molecule has 0 bridgehead atoms. The highest BCUT2D eigenvalue weighted by Crippen LogP contribution is 2.26. The first-order valence-corrected chi connectivity index (χ1v) is 8.03. The van der Waals surface area contributed by atoms with Crippen molar-refractivity contribution in [1.82, 2.24) is 5.32 Å². The zero-order valence-corrected chi connectivity index (χ0v) is 13.2. The maximum Gasteiger partial charge on any atom is 0.0642 e. The van der Waals surface area contributed by atoms with Crippen molar-refractivity contribution in [2.24, 2.45) is 0 Å². The first kappa shape index (κ1) is 15.7. The lowest BCUT2D eigenvalue weighted by molar-refractivity contribution is 0.589. The number of nitrogens with one attached hydrogen (secondary N) is 1. The van der Waals surface area contributed by atoms with Crippen LogP contribution in [0, 0.1) is 0 Å². The van der Waals surface area contributed by atoms with Gasteiger partial charge in [0.25, 0.3) is 0 Å². The Bertz CT molecular complexity index is 369. The number of halogens is 1. The predicted octanol–water partition coefficient (Wildman–Crippen LogP) is 3.64. The van der Waals surface area contributed by atoms with Crippen LogP contribution >= 0.6 is 23.4 Å². The second-order valence-electron chi connectivity index (χ2n) is 4.74. The van der Waals surface area contributed by atoms with Crippen molar-refractivity contribution in [3.05, 3.63) is 28.8 Å². The number of hydrogen-bond acceptors (Lipinski definition) is 3. The molecule has 1 rings (SSSR count). The number of nitrogens with zero attached hydrogens (tertiary/aromatic N) is 1. The summed E-state index contributed by atoms with van der Waals surface area (Å²) >= 11 is 8.19. The standard InChI is InChI=1S/C14H23ClN2S/c1-11(2)16-10-12-5-6-14(13(15)9-12)17(3)7-8-18-4/h5-6,9,11,16H,7-8,10H2,1-4H3. The van der Waals surface area contributed by atoms with Crippen LogP contribution in [0.15, 0.2) is 18.2 Å². The molecule has 102 valence electrons.